The van der Waals surface area contributed by atoms with Crippen molar-refractivity contribution in [1.29, 1.82) is 0 Å². The Morgan fingerprint density at radius 1 is 1.03 bits per heavy atom. The third kappa shape index (κ3) is 6.20. The van der Waals surface area contributed by atoms with Crippen LogP contribution in [-0.2, 0) is 16.6 Å². The number of carbonyl (C=O) groups is 1. The van der Waals surface area contributed by atoms with Gasteiger partial charge in [0.1, 0.15) is 11.5 Å². The topological polar surface area (TPSA) is 138 Å². The molecule has 0 spiro atoms. The second kappa shape index (κ2) is 10.9. The molecule has 3 heterocycles. The lowest BCUT2D eigenvalue weighted by Gasteiger charge is -2.35. The third-order valence-corrected chi connectivity index (χ3v) is 8.42. The number of piperazine rings is 1. The number of nitrogens with zero attached hydrogens (tertiary/aromatic N) is 5. The van der Waals surface area contributed by atoms with E-state index in [1.807, 2.05) is 18.2 Å². The first-order chi connectivity index (χ1) is 18.0. The van der Waals surface area contributed by atoms with Gasteiger partial charge in [-0.3, -0.25) is 14.7 Å². The molecule has 3 aromatic rings. The number of benzene rings is 1. The van der Waals surface area contributed by atoms with Crippen molar-refractivity contribution in [2.45, 2.75) is 32.1 Å². The van der Waals surface area contributed by atoms with Crippen molar-refractivity contribution in [2.75, 3.05) is 38.2 Å². The Morgan fingerprint density at radius 3 is 2.37 bits per heavy atom. The van der Waals surface area contributed by atoms with E-state index in [0.29, 0.717) is 25.5 Å². The monoisotopic (exact) mass is 540 g/mol. The van der Waals surface area contributed by atoms with E-state index < -0.39 is 20.7 Å². The molecule has 2 N–H and O–H groups in total. The molecule has 1 amide bonds. The largest absolute Gasteiger partial charge is 0.506 e. The van der Waals surface area contributed by atoms with Gasteiger partial charge < -0.3 is 14.7 Å². The van der Waals surface area contributed by atoms with Crippen LogP contribution in [0.4, 0.5) is 5.82 Å². The molecule has 0 radical (unpaired) electrons. The lowest BCUT2D eigenvalue weighted by atomic mass is 10.0. The van der Waals surface area contributed by atoms with Crippen molar-refractivity contribution in [2.24, 2.45) is 0 Å². The Hall–Kier alpha value is -3.77. The fourth-order valence-electron chi connectivity index (χ4n) is 3.96. The number of ether oxygens (including phenoxy) is 1. The molecule has 2 aromatic heterocycles. The molecule has 38 heavy (non-hydrogen) atoms. The molecule has 0 unspecified atom stereocenters. The zero-order valence-electron chi connectivity index (χ0n) is 21.9. The van der Waals surface area contributed by atoms with Crippen molar-refractivity contribution in [3.63, 3.8) is 0 Å². The molecule has 0 aliphatic carbocycles. The first-order valence-electron chi connectivity index (χ1n) is 12.2. The lowest BCUT2D eigenvalue weighted by molar-refractivity contribution is 0.0974. The highest BCUT2D eigenvalue weighted by molar-refractivity contribution is 7.91. The first kappa shape index (κ1) is 27.3. The van der Waals surface area contributed by atoms with Crippen LogP contribution in [0.2, 0.25) is 0 Å². The maximum Gasteiger partial charge on any atom is 0.285 e. The van der Waals surface area contributed by atoms with Crippen molar-refractivity contribution in [1.82, 2.24) is 24.8 Å². The molecule has 11 nitrogen and oxygen atoms in total. The molecule has 0 saturated carbocycles. The molecular formula is C26H32N6O5S. The summed E-state index contributed by atoms with van der Waals surface area (Å²) in [6.45, 7) is 8.25. The molecule has 1 saturated heterocycles. The van der Waals surface area contributed by atoms with Gasteiger partial charge in [0.2, 0.25) is 10.0 Å². The summed E-state index contributed by atoms with van der Waals surface area (Å²) in [5, 5.41) is 17.8. The van der Waals surface area contributed by atoms with Crippen LogP contribution in [0.25, 0.3) is 11.1 Å². The number of aromatic hydroxyl groups is 1. The number of hydrogen-bond acceptors (Lipinski definition) is 10. The minimum atomic E-state index is -3.84. The zero-order valence-corrected chi connectivity index (χ0v) is 22.7. The lowest BCUT2D eigenvalue weighted by Crippen LogP contribution is -2.46. The minimum Gasteiger partial charge on any atom is -0.506 e. The summed E-state index contributed by atoms with van der Waals surface area (Å²) in [6, 6.07) is 10.8. The Bertz CT molecular complexity index is 1400. The molecule has 1 aromatic carbocycles. The summed E-state index contributed by atoms with van der Waals surface area (Å²) in [6.07, 6.45) is 3.09. The van der Waals surface area contributed by atoms with E-state index in [2.05, 4.69) is 29.7 Å². The van der Waals surface area contributed by atoms with Gasteiger partial charge in [-0.1, -0.05) is 12.1 Å². The average Bonchev–Trinajstić information content (AvgIpc) is 2.88. The first-order valence-corrected chi connectivity index (χ1v) is 13.6. The predicted molar refractivity (Wildman–Crippen MR) is 144 cm³/mol. The van der Waals surface area contributed by atoms with E-state index >= 15 is 0 Å². The van der Waals surface area contributed by atoms with Crippen LogP contribution >= 0.6 is 0 Å². The summed E-state index contributed by atoms with van der Waals surface area (Å²) in [4.78, 5) is 20.8. The third-order valence-electron chi connectivity index (χ3n) is 6.35. The van der Waals surface area contributed by atoms with Gasteiger partial charge in [-0.2, -0.15) is 0 Å². The minimum absolute atomic E-state index is 0.0581. The Kier molecular flexibility index (Phi) is 7.83. The van der Waals surface area contributed by atoms with Crippen LogP contribution in [0, 0.1) is 0 Å². The molecule has 1 aliphatic rings. The van der Waals surface area contributed by atoms with Gasteiger partial charge in [0, 0.05) is 50.0 Å². The predicted octanol–water partition coefficient (Wildman–Crippen LogP) is 2.43. The normalized spacial score (nSPS) is 14.8. The van der Waals surface area contributed by atoms with Crippen LogP contribution < -0.4 is 14.4 Å². The Labute approximate surface area is 222 Å². The van der Waals surface area contributed by atoms with Crippen LogP contribution in [0.1, 0.15) is 36.8 Å². The molecule has 1 aliphatic heterocycles. The van der Waals surface area contributed by atoms with Crippen molar-refractivity contribution >= 4 is 21.7 Å². The average molecular weight is 541 g/mol. The summed E-state index contributed by atoms with van der Waals surface area (Å²) in [5.41, 5.74) is 2.71. The van der Waals surface area contributed by atoms with Crippen molar-refractivity contribution in [3.8, 4) is 22.6 Å². The van der Waals surface area contributed by atoms with Crippen LogP contribution in [-0.4, -0.2) is 77.5 Å². The number of pyridine rings is 1. The number of carbonyl (C=O) groups excluding carboxylic acids is 1. The van der Waals surface area contributed by atoms with Crippen molar-refractivity contribution in [3.05, 3.63) is 60.0 Å². The summed E-state index contributed by atoms with van der Waals surface area (Å²) < 4.78 is 31.0. The van der Waals surface area contributed by atoms with Crippen molar-refractivity contribution < 1.29 is 23.1 Å². The number of aromatic nitrogens is 3. The van der Waals surface area contributed by atoms with Gasteiger partial charge in [0.15, 0.2) is 11.5 Å². The van der Waals surface area contributed by atoms with Crippen LogP contribution in [0.15, 0.2) is 48.8 Å². The zero-order chi connectivity index (χ0) is 27.5. The molecule has 12 heteroatoms. The number of nitrogens with one attached hydrogen (secondary N) is 1. The highest BCUT2D eigenvalue weighted by Gasteiger charge is 2.31. The number of rotatable bonds is 7. The summed E-state index contributed by atoms with van der Waals surface area (Å²) in [7, 11) is -2.19. The Morgan fingerprint density at radius 2 is 1.76 bits per heavy atom. The fourth-order valence-corrected chi connectivity index (χ4v) is 4.61. The highest BCUT2D eigenvalue weighted by Crippen LogP contribution is 2.29. The number of sulfonamides is 1. The molecular weight excluding hydrogens is 508 g/mol. The quantitative estimate of drug-likeness (QED) is 0.459. The maximum atomic E-state index is 12.3. The van der Waals surface area contributed by atoms with E-state index in [1.54, 1.807) is 25.4 Å². The maximum absolute atomic E-state index is 12.3. The molecule has 0 bridgehead atoms. The van der Waals surface area contributed by atoms with E-state index in [1.165, 1.54) is 33.0 Å². The number of methoxy groups -OCH3 is 1. The molecule has 202 valence electrons. The van der Waals surface area contributed by atoms with Gasteiger partial charge in [-0.15, -0.1) is 10.2 Å². The number of amides is 1. The second-order valence-corrected chi connectivity index (χ2v) is 12.5. The van der Waals surface area contributed by atoms with E-state index in [-0.39, 0.29) is 11.4 Å². The highest BCUT2D eigenvalue weighted by atomic mass is 32.2. The van der Waals surface area contributed by atoms with Gasteiger partial charge >= 0.3 is 0 Å². The number of hydrogen-bond donors (Lipinski definition) is 2. The SMILES string of the molecule is COc1cc(-c2cncc(O)c2)ccc1CN1CCN(c2ccc(C(=O)NS(=O)(=O)C(C)(C)C)nn2)CC1. The van der Waals surface area contributed by atoms with Gasteiger partial charge in [0.05, 0.1) is 18.1 Å². The molecule has 1 fully saturated rings. The smallest absolute Gasteiger partial charge is 0.285 e. The van der Waals surface area contributed by atoms with E-state index in [9.17, 15) is 18.3 Å². The molecule has 0 atom stereocenters. The van der Waals surface area contributed by atoms with E-state index in [4.69, 9.17) is 4.74 Å². The summed E-state index contributed by atoms with van der Waals surface area (Å²) >= 11 is 0. The van der Waals surface area contributed by atoms with Crippen LogP contribution in [0.3, 0.4) is 0 Å². The van der Waals surface area contributed by atoms with Gasteiger partial charge in [0.25, 0.3) is 5.91 Å². The number of anilines is 1. The fraction of sp³-hybridized carbons (Fsp3) is 0.385. The Balaban J connectivity index is 1.35. The standard InChI is InChI=1S/C26H32N6O5S/c1-26(2,3)38(35,36)30-25(34)22-7-8-24(29-28-22)32-11-9-31(10-12-32)17-19-6-5-18(14-23(19)37-4)20-13-21(33)16-27-15-20/h5-8,13-16,33H,9-12,17H2,1-4H3,(H,30,34). The van der Waals surface area contributed by atoms with E-state index in [0.717, 1.165) is 35.5 Å². The molecule has 4 rings (SSSR count). The van der Waals surface area contributed by atoms with Gasteiger partial charge in [-0.05, 0) is 50.6 Å². The second-order valence-electron chi connectivity index (χ2n) is 10.0. The van der Waals surface area contributed by atoms with Gasteiger partial charge in [-0.25, -0.2) is 13.1 Å². The summed E-state index contributed by atoms with van der Waals surface area (Å²) in [5.74, 6) is 0.701. The van der Waals surface area contributed by atoms with Crippen LogP contribution in [0.5, 0.6) is 11.5 Å².